The van der Waals surface area contributed by atoms with E-state index in [0.717, 1.165) is 25.9 Å². The molecule has 0 spiro atoms. The van der Waals surface area contributed by atoms with Gasteiger partial charge in [-0.3, -0.25) is 4.79 Å². The van der Waals surface area contributed by atoms with Crippen LogP contribution in [0.2, 0.25) is 0 Å². The molecule has 1 aromatic carbocycles. The van der Waals surface area contributed by atoms with Crippen LogP contribution in [0.5, 0.6) is 0 Å². The predicted molar refractivity (Wildman–Crippen MR) is 76.7 cm³/mol. The van der Waals surface area contributed by atoms with Crippen molar-refractivity contribution in [3.05, 3.63) is 34.1 Å². The van der Waals surface area contributed by atoms with E-state index >= 15 is 0 Å². The summed E-state index contributed by atoms with van der Waals surface area (Å²) in [4.78, 5) is 14.4. The van der Waals surface area contributed by atoms with Gasteiger partial charge in [-0.1, -0.05) is 0 Å². The topological polar surface area (TPSA) is 32.3 Å². The molecule has 3 nitrogen and oxygen atoms in total. The van der Waals surface area contributed by atoms with Crippen molar-refractivity contribution in [1.29, 1.82) is 0 Å². The van der Waals surface area contributed by atoms with E-state index in [1.165, 1.54) is 12.1 Å². The zero-order chi connectivity index (χ0) is 13.8. The lowest BCUT2D eigenvalue weighted by Gasteiger charge is -2.34. The van der Waals surface area contributed by atoms with Gasteiger partial charge in [-0.05, 0) is 67.0 Å². The number of hydrogen-bond donors (Lipinski definition) is 1. The second-order valence-corrected chi connectivity index (χ2v) is 5.55. The molecule has 1 aliphatic heterocycles. The average molecular weight is 329 g/mol. The lowest BCUT2D eigenvalue weighted by Crippen LogP contribution is -2.46. The summed E-state index contributed by atoms with van der Waals surface area (Å²) < 4.78 is 13.6. The van der Waals surface area contributed by atoms with Crippen molar-refractivity contribution < 1.29 is 9.18 Å². The maximum atomic E-state index is 13.1. The number of amides is 1. The smallest absolute Gasteiger partial charge is 0.255 e. The molecule has 0 saturated carbocycles. The summed E-state index contributed by atoms with van der Waals surface area (Å²) in [7, 11) is 0. The number of nitrogens with zero attached hydrogens (tertiary/aromatic N) is 1. The molecular weight excluding hydrogens is 311 g/mol. The fourth-order valence-electron chi connectivity index (χ4n) is 2.50. The van der Waals surface area contributed by atoms with Crippen LogP contribution in [0, 0.1) is 5.82 Å². The molecular formula is C14H18BrFN2O. The van der Waals surface area contributed by atoms with Crippen molar-refractivity contribution in [3.8, 4) is 0 Å². The molecule has 1 saturated heterocycles. The quantitative estimate of drug-likeness (QED) is 0.925. The van der Waals surface area contributed by atoms with E-state index in [9.17, 15) is 9.18 Å². The first kappa shape index (κ1) is 14.5. The van der Waals surface area contributed by atoms with Gasteiger partial charge < -0.3 is 10.2 Å². The minimum Gasteiger partial charge on any atom is -0.336 e. The number of carbonyl (C=O) groups excluding carboxylic acids is 1. The predicted octanol–water partition coefficient (Wildman–Crippen LogP) is 2.80. The molecule has 0 radical (unpaired) electrons. The third-order valence-electron chi connectivity index (χ3n) is 3.51. The van der Waals surface area contributed by atoms with Gasteiger partial charge in [0.15, 0.2) is 0 Å². The number of nitrogens with one attached hydrogen (secondary N) is 1. The van der Waals surface area contributed by atoms with Crippen molar-refractivity contribution in [2.75, 3.05) is 19.6 Å². The molecule has 1 aromatic rings. The third kappa shape index (κ3) is 3.34. The fraction of sp³-hybridized carbons (Fsp3) is 0.500. The minimum absolute atomic E-state index is 0.0266. The number of rotatable bonds is 3. The molecule has 1 fully saturated rings. The molecule has 1 amide bonds. The molecule has 0 aromatic heterocycles. The summed E-state index contributed by atoms with van der Waals surface area (Å²) in [5.74, 6) is -0.366. The van der Waals surface area contributed by atoms with Gasteiger partial charge in [0.2, 0.25) is 0 Å². The van der Waals surface area contributed by atoms with Crippen molar-refractivity contribution in [2.45, 2.75) is 25.8 Å². The summed E-state index contributed by atoms with van der Waals surface area (Å²) in [5, 5.41) is 3.29. The van der Waals surface area contributed by atoms with Crippen LogP contribution in [0.3, 0.4) is 0 Å². The first-order chi connectivity index (χ1) is 9.13. The van der Waals surface area contributed by atoms with E-state index in [0.29, 0.717) is 16.6 Å². The molecule has 0 aliphatic carbocycles. The molecule has 0 unspecified atom stereocenters. The Kier molecular flexibility index (Phi) is 4.93. The van der Waals surface area contributed by atoms with Crippen molar-refractivity contribution in [1.82, 2.24) is 10.2 Å². The SMILES string of the molecule is CCN(C(=O)c1ccc(F)cc1Br)C1CCNCC1. The molecule has 1 heterocycles. The van der Waals surface area contributed by atoms with Crippen LogP contribution >= 0.6 is 15.9 Å². The van der Waals surface area contributed by atoms with Gasteiger partial charge in [0.25, 0.3) is 5.91 Å². The summed E-state index contributed by atoms with van der Waals surface area (Å²) in [6.45, 7) is 4.54. The van der Waals surface area contributed by atoms with Gasteiger partial charge in [0.1, 0.15) is 5.82 Å². The van der Waals surface area contributed by atoms with E-state index in [1.54, 1.807) is 6.07 Å². The Morgan fingerprint density at radius 1 is 1.47 bits per heavy atom. The van der Waals surface area contributed by atoms with Gasteiger partial charge in [-0.25, -0.2) is 4.39 Å². The Balaban J connectivity index is 2.19. The molecule has 1 N–H and O–H groups in total. The molecule has 2 rings (SSSR count). The Bertz CT molecular complexity index is 461. The summed E-state index contributed by atoms with van der Waals surface area (Å²) in [6, 6.07) is 4.49. The van der Waals surface area contributed by atoms with Crippen LogP contribution in [0.25, 0.3) is 0 Å². The van der Waals surface area contributed by atoms with Crippen LogP contribution in [0.4, 0.5) is 4.39 Å². The van der Waals surface area contributed by atoms with Gasteiger partial charge >= 0.3 is 0 Å². The lowest BCUT2D eigenvalue weighted by atomic mass is 10.0. The number of halogens is 2. The zero-order valence-corrected chi connectivity index (χ0v) is 12.5. The highest BCUT2D eigenvalue weighted by Gasteiger charge is 2.26. The first-order valence-electron chi connectivity index (χ1n) is 6.60. The van der Waals surface area contributed by atoms with Gasteiger partial charge in [0.05, 0.1) is 5.56 Å². The van der Waals surface area contributed by atoms with Crippen LogP contribution in [-0.2, 0) is 0 Å². The highest BCUT2D eigenvalue weighted by molar-refractivity contribution is 9.10. The molecule has 104 valence electrons. The first-order valence-corrected chi connectivity index (χ1v) is 7.39. The number of carbonyl (C=O) groups is 1. The maximum Gasteiger partial charge on any atom is 0.255 e. The molecule has 1 aliphatic rings. The standard InChI is InChI=1S/C14H18BrFN2O/c1-2-18(11-5-7-17-8-6-11)14(19)12-4-3-10(16)9-13(12)15/h3-4,9,11,17H,2,5-8H2,1H3. The number of piperidine rings is 1. The Hall–Kier alpha value is -0.940. The second kappa shape index (κ2) is 6.48. The number of hydrogen-bond acceptors (Lipinski definition) is 2. The molecule has 0 atom stereocenters. The Labute approximate surface area is 121 Å². The fourth-order valence-corrected chi connectivity index (χ4v) is 3.02. The van der Waals surface area contributed by atoms with Crippen molar-refractivity contribution >= 4 is 21.8 Å². The van der Waals surface area contributed by atoms with E-state index < -0.39 is 0 Å². The maximum absolute atomic E-state index is 13.1. The monoisotopic (exact) mass is 328 g/mol. The molecule has 19 heavy (non-hydrogen) atoms. The van der Waals surface area contributed by atoms with Crippen LogP contribution < -0.4 is 5.32 Å². The molecule has 5 heteroatoms. The van der Waals surface area contributed by atoms with E-state index in [1.807, 2.05) is 11.8 Å². The van der Waals surface area contributed by atoms with E-state index in [-0.39, 0.29) is 17.8 Å². The number of benzene rings is 1. The molecule has 0 bridgehead atoms. The Morgan fingerprint density at radius 3 is 2.74 bits per heavy atom. The van der Waals surface area contributed by atoms with Gasteiger partial charge in [0, 0.05) is 17.1 Å². The highest BCUT2D eigenvalue weighted by atomic mass is 79.9. The largest absolute Gasteiger partial charge is 0.336 e. The van der Waals surface area contributed by atoms with E-state index in [4.69, 9.17) is 0 Å². The van der Waals surface area contributed by atoms with Crippen molar-refractivity contribution in [2.24, 2.45) is 0 Å². The zero-order valence-electron chi connectivity index (χ0n) is 11.0. The Morgan fingerprint density at radius 2 is 2.16 bits per heavy atom. The minimum atomic E-state index is -0.340. The van der Waals surface area contributed by atoms with Gasteiger partial charge in [-0.2, -0.15) is 0 Å². The highest BCUT2D eigenvalue weighted by Crippen LogP contribution is 2.22. The normalized spacial score (nSPS) is 16.4. The van der Waals surface area contributed by atoms with Crippen LogP contribution in [0.15, 0.2) is 22.7 Å². The lowest BCUT2D eigenvalue weighted by molar-refractivity contribution is 0.0655. The van der Waals surface area contributed by atoms with Crippen molar-refractivity contribution in [3.63, 3.8) is 0 Å². The van der Waals surface area contributed by atoms with Crippen LogP contribution in [0.1, 0.15) is 30.1 Å². The summed E-state index contributed by atoms with van der Waals surface area (Å²) in [5.41, 5.74) is 0.529. The second-order valence-electron chi connectivity index (χ2n) is 4.70. The van der Waals surface area contributed by atoms with Gasteiger partial charge in [-0.15, -0.1) is 0 Å². The average Bonchev–Trinajstić information content (AvgIpc) is 2.40. The van der Waals surface area contributed by atoms with E-state index in [2.05, 4.69) is 21.2 Å². The third-order valence-corrected chi connectivity index (χ3v) is 4.17. The summed E-state index contributed by atoms with van der Waals surface area (Å²) >= 11 is 3.27. The van der Waals surface area contributed by atoms with Crippen LogP contribution in [-0.4, -0.2) is 36.5 Å². The summed E-state index contributed by atoms with van der Waals surface area (Å²) in [6.07, 6.45) is 1.94.